The van der Waals surface area contributed by atoms with Gasteiger partial charge >= 0.3 is 12.1 Å². The second-order valence-corrected chi connectivity index (χ2v) is 3.77. The predicted molar refractivity (Wildman–Crippen MR) is 61.6 cm³/mol. The maximum atomic E-state index is 13.0. The van der Waals surface area contributed by atoms with Crippen molar-refractivity contribution in [3.05, 3.63) is 53.9 Å². The molecule has 1 aromatic heterocycles. The predicted octanol–water partition coefficient (Wildman–Crippen LogP) is 3.47. The summed E-state index contributed by atoms with van der Waals surface area (Å²) in [7, 11) is 0. The molecule has 0 radical (unpaired) electrons. The number of hydrogen-bond acceptors (Lipinski definition) is 2. The third-order valence-electron chi connectivity index (χ3n) is 2.55. The Morgan fingerprint density at radius 3 is 2.42 bits per heavy atom. The van der Waals surface area contributed by atoms with Gasteiger partial charge in [0.25, 0.3) is 0 Å². The first-order chi connectivity index (χ1) is 8.91. The summed E-state index contributed by atoms with van der Waals surface area (Å²) in [4.78, 5) is 14.8. The zero-order valence-electron chi connectivity index (χ0n) is 9.48. The fraction of sp³-hybridized carbons (Fsp3) is 0.0769. The third-order valence-corrected chi connectivity index (χ3v) is 2.55. The Morgan fingerprint density at radius 1 is 1.16 bits per heavy atom. The van der Waals surface area contributed by atoms with Crippen LogP contribution in [-0.4, -0.2) is 16.1 Å². The van der Waals surface area contributed by atoms with Crippen LogP contribution in [0.1, 0.15) is 15.9 Å². The summed E-state index contributed by atoms with van der Waals surface area (Å²) < 4.78 is 38.9. The average molecular weight is 267 g/mol. The van der Waals surface area contributed by atoms with Crippen LogP contribution in [0.3, 0.4) is 0 Å². The van der Waals surface area contributed by atoms with Crippen molar-refractivity contribution in [1.82, 2.24) is 4.98 Å². The summed E-state index contributed by atoms with van der Waals surface area (Å²) in [5.41, 5.74) is -1.63. The Morgan fingerprint density at radius 2 is 1.89 bits per heavy atom. The standard InChI is InChI=1S/C13H8F3NO2/c14-13(15,16)10-5-1-4-9(12(18)19)11(10)8-3-2-6-17-7-8/h1-7H,(H,18,19). The molecule has 0 saturated carbocycles. The summed E-state index contributed by atoms with van der Waals surface area (Å²) in [6.07, 6.45) is -2.02. The van der Waals surface area contributed by atoms with Gasteiger partial charge < -0.3 is 5.11 Å². The lowest BCUT2D eigenvalue weighted by Crippen LogP contribution is -2.11. The van der Waals surface area contributed by atoms with Crippen LogP contribution in [0.5, 0.6) is 0 Å². The van der Waals surface area contributed by atoms with E-state index in [0.29, 0.717) is 0 Å². The largest absolute Gasteiger partial charge is 0.478 e. The van der Waals surface area contributed by atoms with Crippen LogP contribution in [0.15, 0.2) is 42.7 Å². The number of alkyl halides is 3. The van der Waals surface area contributed by atoms with Gasteiger partial charge in [0.2, 0.25) is 0 Å². The highest BCUT2D eigenvalue weighted by molar-refractivity contribution is 5.97. The molecule has 0 spiro atoms. The van der Waals surface area contributed by atoms with Crippen LogP contribution in [0.2, 0.25) is 0 Å². The monoisotopic (exact) mass is 267 g/mol. The number of halogens is 3. The molecule has 0 aliphatic carbocycles. The molecule has 0 unspecified atom stereocenters. The lowest BCUT2D eigenvalue weighted by molar-refractivity contribution is -0.137. The highest BCUT2D eigenvalue weighted by Crippen LogP contribution is 2.38. The molecule has 0 fully saturated rings. The Bertz CT molecular complexity index is 609. The average Bonchev–Trinajstić information content (AvgIpc) is 2.37. The van der Waals surface area contributed by atoms with Crippen LogP contribution in [0.25, 0.3) is 11.1 Å². The number of carboxylic acid groups (broad SMARTS) is 1. The smallest absolute Gasteiger partial charge is 0.417 e. The van der Waals surface area contributed by atoms with Gasteiger partial charge in [-0.25, -0.2) is 4.79 Å². The van der Waals surface area contributed by atoms with Crippen molar-refractivity contribution in [2.24, 2.45) is 0 Å². The second kappa shape index (κ2) is 4.72. The molecule has 1 aromatic carbocycles. The molecule has 98 valence electrons. The van der Waals surface area contributed by atoms with Gasteiger partial charge in [-0.05, 0) is 18.2 Å². The molecule has 1 heterocycles. The fourth-order valence-corrected chi connectivity index (χ4v) is 1.79. The van der Waals surface area contributed by atoms with E-state index >= 15 is 0 Å². The van der Waals surface area contributed by atoms with E-state index in [1.54, 1.807) is 0 Å². The lowest BCUT2D eigenvalue weighted by Gasteiger charge is -2.15. The van der Waals surface area contributed by atoms with E-state index in [0.717, 1.165) is 18.2 Å². The van der Waals surface area contributed by atoms with Crippen molar-refractivity contribution in [2.45, 2.75) is 6.18 Å². The Balaban J connectivity index is 2.78. The molecule has 0 bridgehead atoms. The Hall–Kier alpha value is -2.37. The summed E-state index contributed by atoms with van der Waals surface area (Å²) in [6.45, 7) is 0. The van der Waals surface area contributed by atoms with Gasteiger partial charge in [-0.1, -0.05) is 12.1 Å². The number of carbonyl (C=O) groups is 1. The van der Waals surface area contributed by atoms with Gasteiger partial charge in [-0.15, -0.1) is 0 Å². The van der Waals surface area contributed by atoms with E-state index < -0.39 is 23.3 Å². The second-order valence-electron chi connectivity index (χ2n) is 3.77. The van der Waals surface area contributed by atoms with Crippen LogP contribution in [0.4, 0.5) is 13.2 Å². The van der Waals surface area contributed by atoms with E-state index in [2.05, 4.69) is 4.98 Å². The van der Waals surface area contributed by atoms with E-state index in [4.69, 9.17) is 5.11 Å². The summed E-state index contributed by atoms with van der Waals surface area (Å²) >= 11 is 0. The van der Waals surface area contributed by atoms with E-state index in [-0.39, 0.29) is 11.1 Å². The van der Waals surface area contributed by atoms with Crippen LogP contribution >= 0.6 is 0 Å². The number of aromatic carboxylic acids is 1. The van der Waals surface area contributed by atoms with Gasteiger partial charge in [0, 0.05) is 23.5 Å². The Labute approximate surface area is 106 Å². The molecule has 1 N–H and O–H groups in total. The molecule has 6 heteroatoms. The first-order valence-electron chi connectivity index (χ1n) is 5.25. The zero-order chi connectivity index (χ0) is 14.0. The number of hydrogen-bond donors (Lipinski definition) is 1. The number of carboxylic acids is 1. The molecule has 0 aliphatic rings. The highest BCUT2D eigenvalue weighted by atomic mass is 19.4. The molecular weight excluding hydrogens is 259 g/mol. The minimum atomic E-state index is -4.63. The van der Waals surface area contributed by atoms with Crippen LogP contribution in [-0.2, 0) is 6.18 Å². The molecule has 0 aliphatic heterocycles. The first-order valence-corrected chi connectivity index (χ1v) is 5.25. The fourth-order valence-electron chi connectivity index (χ4n) is 1.79. The molecule has 2 aromatic rings. The quantitative estimate of drug-likeness (QED) is 0.906. The zero-order valence-corrected chi connectivity index (χ0v) is 9.48. The first kappa shape index (κ1) is 13.1. The molecule has 2 rings (SSSR count). The van der Waals surface area contributed by atoms with Gasteiger partial charge in [0.05, 0.1) is 11.1 Å². The highest BCUT2D eigenvalue weighted by Gasteiger charge is 2.35. The van der Waals surface area contributed by atoms with Gasteiger partial charge in [-0.2, -0.15) is 13.2 Å². The van der Waals surface area contributed by atoms with Crippen LogP contribution < -0.4 is 0 Å². The minimum absolute atomic E-state index is 0.118. The van der Waals surface area contributed by atoms with Crippen molar-refractivity contribution in [1.29, 1.82) is 0 Å². The molecule has 0 atom stereocenters. The van der Waals surface area contributed by atoms with E-state index in [1.165, 1.54) is 24.5 Å². The lowest BCUT2D eigenvalue weighted by atomic mass is 9.95. The van der Waals surface area contributed by atoms with Crippen molar-refractivity contribution in [3.63, 3.8) is 0 Å². The normalized spacial score (nSPS) is 11.3. The molecule has 0 saturated heterocycles. The van der Waals surface area contributed by atoms with E-state index in [9.17, 15) is 18.0 Å². The number of aromatic nitrogens is 1. The maximum Gasteiger partial charge on any atom is 0.417 e. The van der Waals surface area contributed by atoms with E-state index in [1.807, 2.05) is 0 Å². The maximum absolute atomic E-state index is 13.0. The number of rotatable bonds is 2. The van der Waals surface area contributed by atoms with Gasteiger partial charge in [0.15, 0.2) is 0 Å². The molecule has 19 heavy (non-hydrogen) atoms. The van der Waals surface area contributed by atoms with Gasteiger partial charge in [0.1, 0.15) is 0 Å². The topological polar surface area (TPSA) is 50.2 Å². The number of benzene rings is 1. The van der Waals surface area contributed by atoms with Crippen LogP contribution in [0, 0.1) is 0 Å². The summed E-state index contributed by atoms with van der Waals surface area (Å²) in [5.74, 6) is -1.41. The van der Waals surface area contributed by atoms with Crippen molar-refractivity contribution in [2.75, 3.05) is 0 Å². The Kier molecular flexibility index (Phi) is 3.25. The minimum Gasteiger partial charge on any atom is -0.478 e. The van der Waals surface area contributed by atoms with Gasteiger partial charge in [-0.3, -0.25) is 4.98 Å². The van der Waals surface area contributed by atoms with Crippen molar-refractivity contribution >= 4 is 5.97 Å². The summed E-state index contributed by atoms with van der Waals surface area (Å²) in [6, 6.07) is 5.92. The molecule has 0 amide bonds. The van der Waals surface area contributed by atoms with Crippen molar-refractivity contribution < 1.29 is 23.1 Å². The molecular formula is C13H8F3NO2. The summed E-state index contributed by atoms with van der Waals surface area (Å²) in [5, 5.41) is 9.03. The van der Waals surface area contributed by atoms with Crippen molar-refractivity contribution in [3.8, 4) is 11.1 Å². The third kappa shape index (κ3) is 2.57. The molecule has 3 nitrogen and oxygen atoms in total. The number of nitrogens with zero attached hydrogens (tertiary/aromatic N) is 1. The number of pyridine rings is 1. The SMILES string of the molecule is O=C(O)c1cccc(C(F)(F)F)c1-c1cccnc1.